The molecule has 82 valence electrons. The molecule has 0 saturated heterocycles. The molecule has 2 rings (SSSR count). The van der Waals surface area contributed by atoms with Gasteiger partial charge in [0.2, 0.25) is 0 Å². The molecule has 16 heavy (non-hydrogen) atoms. The van der Waals surface area contributed by atoms with E-state index in [1.807, 2.05) is 18.2 Å². The molecule has 0 fully saturated rings. The van der Waals surface area contributed by atoms with Crippen LogP contribution in [0.15, 0.2) is 35.1 Å². The summed E-state index contributed by atoms with van der Waals surface area (Å²) in [5.74, 6) is 0.677. The normalized spacial score (nSPS) is 10.3. The number of nitrogens with one attached hydrogen (secondary N) is 1. The van der Waals surface area contributed by atoms with E-state index in [1.54, 1.807) is 12.4 Å². The molecule has 0 amide bonds. The molecule has 0 saturated carbocycles. The maximum atomic E-state index is 7.10. The average molecular weight is 280 g/mol. The van der Waals surface area contributed by atoms with Crippen molar-refractivity contribution < 1.29 is 4.74 Å². The lowest BCUT2D eigenvalue weighted by atomic mass is 10.2. The highest BCUT2D eigenvalue weighted by atomic mass is 79.9. The van der Waals surface area contributed by atoms with Crippen LogP contribution in [0.4, 0.5) is 0 Å². The molecule has 0 aliphatic heterocycles. The van der Waals surface area contributed by atoms with Crippen LogP contribution in [-0.4, -0.2) is 17.4 Å². The molecule has 1 heterocycles. The van der Waals surface area contributed by atoms with Gasteiger partial charge in [-0.25, -0.2) is 0 Å². The van der Waals surface area contributed by atoms with Gasteiger partial charge >= 0.3 is 0 Å². The number of hydrogen-bond donors (Lipinski definition) is 2. The van der Waals surface area contributed by atoms with Crippen molar-refractivity contribution in [1.29, 1.82) is 5.41 Å². The van der Waals surface area contributed by atoms with Crippen molar-refractivity contribution in [3.05, 3.63) is 35.1 Å². The second kappa shape index (κ2) is 4.49. The summed E-state index contributed by atoms with van der Waals surface area (Å²) >= 11 is 3.47. The maximum Gasteiger partial charge on any atom is 0.145 e. The average Bonchev–Trinajstić information content (AvgIpc) is 2.28. The van der Waals surface area contributed by atoms with Crippen LogP contribution < -0.4 is 10.5 Å². The molecule has 3 N–H and O–H groups in total. The van der Waals surface area contributed by atoms with E-state index < -0.39 is 0 Å². The predicted octanol–water partition coefficient (Wildman–Crippen LogP) is 2.31. The van der Waals surface area contributed by atoms with E-state index in [4.69, 9.17) is 15.9 Å². The van der Waals surface area contributed by atoms with Gasteiger partial charge in [0.1, 0.15) is 18.2 Å². The van der Waals surface area contributed by atoms with Gasteiger partial charge in [0.15, 0.2) is 0 Å². The lowest BCUT2D eigenvalue weighted by molar-refractivity contribution is 0.373. The zero-order chi connectivity index (χ0) is 11.5. The summed E-state index contributed by atoms with van der Waals surface area (Å²) in [5, 5.41) is 9.16. The van der Waals surface area contributed by atoms with Crippen LogP contribution >= 0.6 is 15.9 Å². The highest BCUT2D eigenvalue weighted by Crippen LogP contribution is 2.32. The summed E-state index contributed by atoms with van der Waals surface area (Å²) < 4.78 is 6.24. The maximum absolute atomic E-state index is 7.10. The van der Waals surface area contributed by atoms with E-state index >= 15 is 0 Å². The Labute approximate surface area is 101 Å². The van der Waals surface area contributed by atoms with Crippen molar-refractivity contribution in [2.75, 3.05) is 6.61 Å². The second-order valence-corrected chi connectivity index (χ2v) is 4.08. The first-order valence-corrected chi connectivity index (χ1v) is 5.45. The first kappa shape index (κ1) is 10.9. The molecule has 4 nitrogen and oxygen atoms in total. The number of benzene rings is 1. The van der Waals surface area contributed by atoms with Crippen LogP contribution in [0, 0.1) is 5.41 Å². The third kappa shape index (κ3) is 2.14. The van der Waals surface area contributed by atoms with Crippen molar-refractivity contribution in [3.63, 3.8) is 0 Å². The largest absolute Gasteiger partial charge is 0.485 e. The van der Waals surface area contributed by atoms with Crippen molar-refractivity contribution in [2.45, 2.75) is 0 Å². The molecule has 0 aliphatic carbocycles. The van der Waals surface area contributed by atoms with Crippen LogP contribution in [0.25, 0.3) is 10.8 Å². The van der Waals surface area contributed by atoms with Gasteiger partial charge in [-0.1, -0.05) is 0 Å². The van der Waals surface area contributed by atoms with Gasteiger partial charge in [-0.05, 0) is 34.1 Å². The summed E-state index contributed by atoms with van der Waals surface area (Å²) in [5.41, 5.74) is 5.24. The quantitative estimate of drug-likeness (QED) is 0.669. The Kier molecular flexibility index (Phi) is 3.05. The third-order valence-electron chi connectivity index (χ3n) is 2.10. The number of ether oxygens (including phenoxy) is 1. The van der Waals surface area contributed by atoms with Crippen LogP contribution in [0.3, 0.4) is 0 Å². The van der Waals surface area contributed by atoms with Crippen molar-refractivity contribution in [1.82, 2.24) is 4.98 Å². The molecule has 0 atom stereocenters. The fourth-order valence-corrected chi connectivity index (χ4v) is 1.99. The molecule has 0 bridgehead atoms. The lowest BCUT2D eigenvalue weighted by Crippen LogP contribution is -2.19. The summed E-state index contributed by atoms with van der Waals surface area (Å²) in [6.07, 6.45) is 3.51. The Balaban J connectivity index is 2.40. The Morgan fingerprint density at radius 1 is 1.44 bits per heavy atom. The number of amidine groups is 1. The Hall–Kier alpha value is -1.62. The number of nitrogens with zero attached hydrogens (tertiary/aromatic N) is 1. The standard InChI is InChI=1S/C11H10BrN3O/c12-11-8-3-4-15-5-7(8)1-2-9(11)16-6-10(13)14/h1-5H,6H2,(H3,13,14). The highest BCUT2D eigenvalue weighted by Gasteiger charge is 2.06. The Morgan fingerprint density at radius 2 is 2.25 bits per heavy atom. The van der Waals surface area contributed by atoms with Crippen molar-refractivity contribution in [2.24, 2.45) is 5.73 Å². The molecular formula is C11H10BrN3O. The SMILES string of the molecule is N=C(N)COc1ccc2cnccc2c1Br. The summed E-state index contributed by atoms with van der Waals surface area (Å²) in [7, 11) is 0. The van der Waals surface area contributed by atoms with E-state index in [1.165, 1.54) is 0 Å². The van der Waals surface area contributed by atoms with Crippen molar-refractivity contribution in [3.8, 4) is 5.75 Å². The number of fused-ring (bicyclic) bond motifs is 1. The minimum atomic E-state index is 0.00160. The molecule has 1 aromatic carbocycles. The van der Waals surface area contributed by atoms with Crippen molar-refractivity contribution >= 4 is 32.5 Å². The van der Waals surface area contributed by atoms with Gasteiger partial charge in [0.25, 0.3) is 0 Å². The zero-order valence-electron chi connectivity index (χ0n) is 8.40. The Bertz CT molecular complexity index is 542. The summed E-state index contributed by atoms with van der Waals surface area (Å²) in [6, 6.07) is 5.65. The van der Waals surface area contributed by atoms with Gasteiger partial charge in [-0.2, -0.15) is 0 Å². The number of nitrogens with two attached hydrogens (primary N) is 1. The van der Waals surface area contributed by atoms with E-state index in [9.17, 15) is 0 Å². The minimum absolute atomic E-state index is 0.00160. The number of rotatable bonds is 3. The van der Waals surface area contributed by atoms with Gasteiger partial charge < -0.3 is 10.5 Å². The zero-order valence-corrected chi connectivity index (χ0v) is 9.99. The lowest BCUT2D eigenvalue weighted by Gasteiger charge is -2.09. The molecule has 5 heteroatoms. The topological polar surface area (TPSA) is 72.0 Å². The van der Waals surface area contributed by atoms with Crippen LogP contribution in [0.1, 0.15) is 0 Å². The van der Waals surface area contributed by atoms with E-state index in [0.29, 0.717) is 5.75 Å². The first-order valence-electron chi connectivity index (χ1n) is 4.66. The molecule has 0 radical (unpaired) electrons. The fraction of sp³-hybridized carbons (Fsp3) is 0.0909. The summed E-state index contributed by atoms with van der Waals surface area (Å²) in [6.45, 7) is 0.0925. The monoisotopic (exact) mass is 279 g/mol. The molecule has 2 aromatic rings. The van der Waals surface area contributed by atoms with Gasteiger partial charge in [-0.3, -0.25) is 10.4 Å². The smallest absolute Gasteiger partial charge is 0.145 e. The summed E-state index contributed by atoms with van der Waals surface area (Å²) in [4.78, 5) is 4.04. The van der Waals surface area contributed by atoms with Crippen LogP contribution in [0.2, 0.25) is 0 Å². The Morgan fingerprint density at radius 3 is 3.00 bits per heavy atom. The van der Waals surface area contributed by atoms with E-state index in [0.717, 1.165) is 15.2 Å². The second-order valence-electron chi connectivity index (χ2n) is 3.29. The van der Waals surface area contributed by atoms with Crippen LogP contribution in [-0.2, 0) is 0 Å². The molecule has 0 unspecified atom stereocenters. The number of halogens is 1. The minimum Gasteiger partial charge on any atom is -0.485 e. The molecule has 0 spiro atoms. The highest BCUT2D eigenvalue weighted by molar-refractivity contribution is 9.10. The predicted molar refractivity (Wildman–Crippen MR) is 66.9 cm³/mol. The number of pyridine rings is 1. The number of hydrogen-bond acceptors (Lipinski definition) is 3. The van der Waals surface area contributed by atoms with E-state index in [2.05, 4.69) is 20.9 Å². The first-order chi connectivity index (χ1) is 7.68. The van der Waals surface area contributed by atoms with Gasteiger partial charge in [0, 0.05) is 23.2 Å². The molecular weight excluding hydrogens is 270 g/mol. The van der Waals surface area contributed by atoms with Gasteiger partial charge in [0.05, 0.1) is 4.47 Å². The van der Waals surface area contributed by atoms with Gasteiger partial charge in [-0.15, -0.1) is 0 Å². The number of aromatic nitrogens is 1. The third-order valence-corrected chi connectivity index (χ3v) is 2.92. The fourth-order valence-electron chi connectivity index (χ4n) is 1.38. The van der Waals surface area contributed by atoms with Crippen LogP contribution in [0.5, 0.6) is 5.75 Å². The molecule has 0 aliphatic rings. The molecule has 1 aromatic heterocycles. The van der Waals surface area contributed by atoms with E-state index in [-0.39, 0.29) is 12.4 Å².